The van der Waals surface area contributed by atoms with Gasteiger partial charge in [0.25, 0.3) is 0 Å². The van der Waals surface area contributed by atoms with Crippen LogP contribution < -0.4 is 0 Å². The number of benzene rings is 1. The first-order valence-corrected chi connectivity index (χ1v) is 5.28. The second-order valence-corrected chi connectivity index (χ2v) is 3.59. The summed E-state index contributed by atoms with van der Waals surface area (Å²) in [4.78, 5) is 4.23. The van der Waals surface area contributed by atoms with Crippen LogP contribution in [0.5, 0.6) is 0 Å². The lowest BCUT2D eigenvalue weighted by Gasteiger charge is -2.01. The van der Waals surface area contributed by atoms with Crippen LogP contribution in [-0.4, -0.2) is 16.7 Å². The molecule has 0 amide bonds. The Morgan fingerprint density at radius 2 is 1.94 bits per heavy atom. The molecule has 0 saturated carbocycles. The molecule has 2 nitrogen and oxygen atoms in total. The van der Waals surface area contributed by atoms with Crippen LogP contribution in [0.3, 0.4) is 0 Å². The lowest BCUT2D eigenvalue weighted by Crippen LogP contribution is -1.84. The molecule has 2 aromatic rings. The number of halogens is 1. The van der Waals surface area contributed by atoms with Crippen molar-refractivity contribution in [2.45, 2.75) is 0 Å². The highest BCUT2D eigenvalue weighted by molar-refractivity contribution is 5.62. The lowest BCUT2D eigenvalue weighted by molar-refractivity contribution is 0.300. The zero-order chi connectivity index (χ0) is 12.1. The SMILES string of the molecule is OC/C(F)=C/c1ccc(-c2ccccn2)cc1. The van der Waals surface area contributed by atoms with Crippen LogP contribution in [0.15, 0.2) is 54.5 Å². The van der Waals surface area contributed by atoms with Crippen LogP contribution in [0.1, 0.15) is 5.56 Å². The maximum absolute atomic E-state index is 12.8. The number of aliphatic hydroxyl groups excluding tert-OH is 1. The second kappa shape index (κ2) is 5.37. The van der Waals surface area contributed by atoms with E-state index < -0.39 is 12.4 Å². The van der Waals surface area contributed by atoms with Crippen molar-refractivity contribution in [3.8, 4) is 11.3 Å². The smallest absolute Gasteiger partial charge is 0.126 e. The van der Waals surface area contributed by atoms with Crippen molar-refractivity contribution in [2.24, 2.45) is 0 Å². The van der Waals surface area contributed by atoms with Gasteiger partial charge in [0, 0.05) is 11.8 Å². The first-order valence-electron chi connectivity index (χ1n) is 5.28. The van der Waals surface area contributed by atoms with Crippen LogP contribution in [0, 0.1) is 0 Å². The molecule has 1 heterocycles. The third-order valence-corrected chi connectivity index (χ3v) is 2.35. The van der Waals surface area contributed by atoms with E-state index in [1.807, 2.05) is 30.3 Å². The topological polar surface area (TPSA) is 33.1 Å². The minimum Gasteiger partial charge on any atom is -0.389 e. The fourth-order valence-corrected chi connectivity index (χ4v) is 1.51. The predicted molar refractivity (Wildman–Crippen MR) is 65.8 cm³/mol. The standard InChI is InChI=1S/C14H12FNO/c15-13(10-17)9-11-4-6-12(7-5-11)14-3-1-2-8-16-14/h1-9,17H,10H2/b13-9-. The van der Waals surface area contributed by atoms with Crippen molar-refractivity contribution in [3.63, 3.8) is 0 Å². The Balaban J connectivity index is 2.25. The molecule has 0 fully saturated rings. The van der Waals surface area contributed by atoms with Gasteiger partial charge in [-0.05, 0) is 23.8 Å². The fraction of sp³-hybridized carbons (Fsp3) is 0.0714. The highest BCUT2D eigenvalue weighted by Gasteiger charge is 1.98. The van der Waals surface area contributed by atoms with Crippen molar-refractivity contribution >= 4 is 6.08 Å². The van der Waals surface area contributed by atoms with Gasteiger partial charge in [-0.3, -0.25) is 4.98 Å². The summed E-state index contributed by atoms with van der Waals surface area (Å²) in [5.41, 5.74) is 2.58. The minimum absolute atomic E-state index is 0.546. The number of hydrogen-bond donors (Lipinski definition) is 1. The molecular weight excluding hydrogens is 217 g/mol. The number of rotatable bonds is 3. The van der Waals surface area contributed by atoms with Gasteiger partial charge in [-0.25, -0.2) is 4.39 Å². The van der Waals surface area contributed by atoms with Crippen LogP contribution in [0.4, 0.5) is 4.39 Å². The average molecular weight is 229 g/mol. The van der Waals surface area contributed by atoms with Crippen molar-refractivity contribution in [1.82, 2.24) is 4.98 Å². The van der Waals surface area contributed by atoms with Crippen molar-refractivity contribution in [3.05, 3.63) is 60.1 Å². The molecule has 1 aromatic heterocycles. The molecule has 1 aromatic carbocycles. The second-order valence-electron chi connectivity index (χ2n) is 3.59. The zero-order valence-electron chi connectivity index (χ0n) is 9.18. The van der Waals surface area contributed by atoms with E-state index in [1.54, 1.807) is 18.3 Å². The zero-order valence-corrected chi connectivity index (χ0v) is 9.18. The number of hydrogen-bond acceptors (Lipinski definition) is 2. The van der Waals surface area contributed by atoms with Gasteiger partial charge >= 0.3 is 0 Å². The van der Waals surface area contributed by atoms with Crippen LogP contribution in [0.2, 0.25) is 0 Å². The van der Waals surface area contributed by atoms with E-state index in [1.165, 1.54) is 6.08 Å². The largest absolute Gasteiger partial charge is 0.389 e. The Morgan fingerprint density at radius 3 is 2.53 bits per heavy atom. The summed E-state index contributed by atoms with van der Waals surface area (Å²) in [6, 6.07) is 13.0. The molecule has 0 bridgehead atoms. The molecule has 0 atom stereocenters. The van der Waals surface area contributed by atoms with E-state index in [0.29, 0.717) is 0 Å². The van der Waals surface area contributed by atoms with Crippen molar-refractivity contribution < 1.29 is 9.50 Å². The summed E-state index contributed by atoms with van der Waals surface area (Å²) < 4.78 is 12.8. The number of aromatic nitrogens is 1. The highest BCUT2D eigenvalue weighted by atomic mass is 19.1. The first-order chi connectivity index (χ1) is 8.29. The Morgan fingerprint density at radius 1 is 1.18 bits per heavy atom. The summed E-state index contributed by atoms with van der Waals surface area (Å²) in [5.74, 6) is -0.546. The van der Waals surface area contributed by atoms with Gasteiger partial charge in [0.15, 0.2) is 0 Å². The minimum atomic E-state index is -0.567. The third kappa shape index (κ3) is 2.98. The van der Waals surface area contributed by atoms with Crippen molar-refractivity contribution in [2.75, 3.05) is 6.61 Å². The van der Waals surface area contributed by atoms with Gasteiger partial charge in [0.05, 0.1) is 12.3 Å². The third-order valence-electron chi connectivity index (χ3n) is 2.35. The maximum Gasteiger partial charge on any atom is 0.126 e. The fourth-order valence-electron chi connectivity index (χ4n) is 1.51. The summed E-state index contributed by atoms with van der Waals surface area (Å²) in [5, 5.41) is 8.58. The number of pyridine rings is 1. The molecule has 1 N–H and O–H groups in total. The van der Waals surface area contributed by atoms with E-state index in [4.69, 9.17) is 5.11 Å². The molecule has 0 aliphatic rings. The predicted octanol–water partition coefficient (Wildman–Crippen LogP) is 3.05. The summed E-state index contributed by atoms with van der Waals surface area (Å²) in [6.45, 7) is -0.567. The van der Waals surface area contributed by atoms with Crippen molar-refractivity contribution in [1.29, 1.82) is 0 Å². The summed E-state index contributed by atoms with van der Waals surface area (Å²) in [7, 11) is 0. The van der Waals surface area contributed by atoms with Crippen LogP contribution in [-0.2, 0) is 0 Å². The van der Waals surface area contributed by atoms with E-state index in [-0.39, 0.29) is 0 Å². The van der Waals surface area contributed by atoms with E-state index in [2.05, 4.69) is 4.98 Å². The van der Waals surface area contributed by atoms with E-state index in [0.717, 1.165) is 16.8 Å². The quantitative estimate of drug-likeness (QED) is 0.877. The normalized spacial score (nSPS) is 11.5. The molecule has 3 heteroatoms. The molecule has 2 rings (SSSR count). The molecule has 0 saturated heterocycles. The average Bonchev–Trinajstić information content (AvgIpc) is 2.40. The Bertz CT molecular complexity index is 506. The molecular formula is C14H12FNO. The molecule has 0 unspecified atom stereocenters. The molecule has 86 valence electrons. The molecule has 0 aliphatic heterocycles. The van der Waals surface area contributed by atoms with Gasteiger partial charge in [-0.1, -0.05) is 30.3 Å². The van der Waals surface area contributed by atoms with Crippen LogP contribution >= 0.6 is 0 Å². The van der Waals surface area contributed by atoms with Gasteiger partial charge in [-0.15, -0.1) is 0 Å². The van der Waals surface area contributed by atoms with Crippen LogP contribution in [0.25, 0.3) is 17.3 Å². The summed E-state index contributed by atoms with van der Waals surface area (Å²) in [6.07, 6.45) is 3.04. The lowest BCUT2D eigenvalue weighted by atomic mass is 10.1. The van der Waals surface area contributed by atoms with E-state index >= 15 is 0 Å². The molecule has 0 radical (unpaired) electrons. The van der Waals surface area contributed by atoms with Gasteiger partial charge in [0.1, 0.15) is 5.83 Å². The monoisotopic (exact) mass is 229 g/mol. The maximum atomic E-state index is 12.8. The summed E-state index contributed by atoms with van der Waals surface area (Å²) >= 11 is 0. The number of nitrogens with zero attached hydrogens (tertiary/aromatic N) is 1. The molecule has 0 aliphatic carbocycles. The van der Waals surface area contributed by atoms with E-state index in [9.17, 15) is 4.39 Å². The Kier molecular flexibility index (Phi) is 3.62. The van der Waals surface area contributed by atoms with Gasteiger partial charge in [0.2, 0.25) is 0 Å². The highest BCUT2D eigenvalue weighted by Crippen LogP contribution is 2.18. The first kappa shape index (κ1) is 11.5. The molecule has 17 heavy (non-hydrogen) atoms. The molecule has 0 spiro atoms. The van der Waals surface area contributed by atoms with Gasteiger partial charge in [-0.2, -0.15) is 0 Å². The number of aliphatic hydroxyl groups is 1. The Labute approximate surface area is 99.1 Å². The Hall–Kier alpha value is -2.00. The van der Waals surface area contributed by atoms with Gasteiger partial charge < -0.3 is 5.11 Å².